The summed E-state index contributed by atoms with van der Waals surface area (Å²) in [5.74, 6) is 8.27. The number of rotatable bonds is 24. The summed E-state index contributed by atoms with van der Waals surface area (Å²) >= 11 is 0. The molecule has 0 aliphatic carbocycles. The van der Waals surface area contributed by atoms with Crippen LogP contribution in [0.1, 0.15) is 68.1 Å². The van der Waals surface area contributed by atoms with Crippen molar-refractivity contribution in [2.24, 2.45) is 0 Å². The van der Waals surface area contributed by atoms with Gasteiger partial charge in [0.2, 0.25) is 17.8 Å². The van der Waals surface area contributed by atoms with E-state index in [0.717, 1.165) is 251 Å². The van der Waals surface area contributed by atoms with Crippen LogP contribution in [0.15, 0.2) is 152 Å². The molecule has 3 aromatic heterocycles. The van der Waals surface area contributed by atoms with Gasteiger partial charge in [-0.15, -0.1) is 0 Å². The number of methoxy groups -OCH3 is 1. The van der Waals surface area contributed by atoms with E-state index in [0.29, 0.717) is 61.9 Å². The number of fused-ring (bicyclic) bond motifs is 3. The summed E-state index contributed by atoms with van der Waals surface area (Å²) < 4.78 is 21.7. The molecular weight excluding hydrogens is 1450 g/mol. The number of piperidine rings is 3. The molecule has 9 aromatic rings. The normalized spacial score (nSPS) is 18.1. The minimum Gasteiger partial charge on any atom is -0.497 e. The van der Waals surface area contributed by atoms with Crippen molar-refractivity contribution in [2.75, 3.05) is 249 Å². The summed E-state index contributed by atoms with van der Waals surface area (Å²) in [4.78, 5) is 45.6. The van der Waals surface area contributed by atoms with Crippen LogP contribution in [0, 0.1) is 0 Å². The smallest absolute Gasteiger partial charge is 0.231 e. The van der Waals surface area contributed by atoms with Crippen molar-refractivity contribution in [1.29, 1.82) is 0 Å². The van der Waals surface area contributed by atoms with Crippen LogP contribution < -0.4 is 88.1 Å². The zero-order valence-corrected chi connectivity index (χ0v) is 66.9. The largest absolute Gasteiger partial charge is 0.497 e. The van der Waals surface area contributed by atoms with Gasteiger partial charge in [0.1, 0.15) is 22.8 Å². The van der Waals surface area contributed by atoms with Gasteiger partial charge in [0.25, 0.3) is 0 Å². The second-order valence-electron chi connectivity index (χ2n) is 31.1. The number of benzene rings is 6. The number of anilines is 19. The maximum Gasteiger partial charge on any atom is 0.231 e. The first-order valence-corrected chi connectivity index (χ1v) is 41.2. The van der Waals surface area contributed by atoms with Crippen LogP contribution in [0.4, 0.5) is 110 Å². The van der Waals surface area contributed by atoms with Gasteiger partial charge in [-0.1, -0.05) is 61.5 Å². The second-order valence-corrected chi connectivity index (χ2v) is 31.1. The number of nitrogens with one attached hydrogen (secondary N) is 12. The van der Waals surface area contributed by atoms with Gasteiger partial charge >= 0.3 is 0 Å². The number of nitrogens with zero attached hydrogens (tertiary/aromatic N) is 13. The Labute approximate surface area is 675 Å². The first kappa shape index (κ1) is 77.8. The molecule has 0 bridgehead atoms. The average molecular weight is 1560 g/mol. The van der Waals surface area contributed by atoms with Crippen molar-refractivity contribution in [3.8, 4) is 5.75 Å². The van der Waals surface area contributed by atoms with Gasteiger partial charge in [0.15, 0.2) is 34.9 Å². The van der Waals surface area contributed by atoms with Crippen molar-refractivity contribution < 1.29 is 18.9 Å². The SMILES string of the molecule is CC(CN1CCC(Nc2nc(Nc3ccc(N4CCOCC4)cc3)nc3c2NCN3)CC1)c1ccccc1.CN(C)c1ccc(CN2CCC(Nc3nc(Nc4ccc(N5CCOCC5)cc4)nc4c3NCN4)CC2)cc1.COc1ccc(CN2CCC(Nc3nc(Nc4ccc(N5CCOCC5)cc4)nc4c3NCN4)CC2)cc1. The fourth-order valence-corrected chi connectivity index (χ4v) is 16.2. The Morgan fingerprint density at radius 3 is 1.08 bits per heavy atom. The highest BCUT2D eigenvalue weighted by atomic mass is 16.5. The van der Waals surface area contributed by atoms with E-state index in [-0.39, 0.29) is 0 Å². The van der Waals surface area contributed by atoms with Gasteiger partial charge < -0.3 is 107 Å². The van der Waals surface area contributed by atoms with E-state index in [1.165, 1.54) is 39.4 Å². The van der Waals surface area contributed by atoms with E-state index < -0.39 is 0 Å². The summed E-state index contributed by atoms with van der Waals surface area (Å²) in [7, 11) is 5.86. The molecule has 606 valence electrons. The van der Waals surface area contributed by atoms with Gasteiger partial charge in [-0.2, -0.15) is 29.9 Å². The maximum atomic E-state index is 5.47. The highest BCUT2D eigenvalue weighted by Gasteiger charge is 2.30. The molecule has 0 saturated carbocycles. The summed E-state index contributed by atoms with van der Waals surface area (Å²) in [5.41, 5.74) is 14.7. The average Bonchev–Trinajstić information content (AvgIpc) is 1.71. The van der Waals surface area contributed by atoms with Gasteiger partial charge in [0.05, 0.1) is 66.8 Å². The Bertz CT molecular complexity index is 4550. The molecule has 9 aliphatic heterocycles. The van der Waals surface area contributed by atoms with Crippen LogP contribution in [0.5, 0.6) is 5.75 Å². The van der Waals surface area contributed by atoms with Crippen LogP contribution in [-0.2, 0) is 27.3 Å². The van der Waals surface area contributed by atoms with Crippen molar-refractivity contribution in [3.05, 3.63) is 168 Å². The first-order valence-electron chi connectivity index (χ1n) is 41.2. The number of hydrogen-bond donors (Lipinski definition) is 12. The van der Waals surface area contributed by atoms with Crippen molar-refractivity contribution in [1.82, 2.24) is 44.6 Å². The molecule has 6 saturated heterocycles. The molecule has 29 nitrogen and oxygen atoms in total. The number of ether oxygens (including phenoxy) is 4. The van der Waals surface area contributed by atoms with Crippen LogP contribution in [0.25, 0.3) is 0 Å². The zero-order valence-electron chi connectivity index (χ0n) is 66.9. The molecule has 12 heterocycles. The van der Waals surface area contributed by atoms with E-state index in [4.69, 9.17) is 48.9 Å². The molecule has 115 heavy (non-hydrogen) atoms. The van der Waals surface area contributed by atoms with Crippen molar-refractivity contribution >= 4 is 110 Å². The predicted octanol–water partition coefficient (Wildman–Crippen LogP) is 12.5. The van der Waals surface area contributed by atoms with Gasteiger partial charge in [0, 0.05) is 170 Å². The molecular formula is C86H113N25O4. The number of aromatic nitrogens is 6. The summed E-state index contributed by atoms with van der Waals surface area (Å²) in [6, 6.07) is 54.6. The van der Waals surface area contributed by atoms with Crippen LogP contribution in [0.3, 0.4) is 0 Å². The highest BCUT2D eigenvalue weighted by molar-refractivity contribution is 5.85. The van der Waals surface area contributed by atoms with E-state index >= 15 is 0 Å². The number of hydrogen-bond acceptors (Lipinski definition) is 29. The lowest BCUT2D eigenvalue weighted by Gasteiger charge is -2.34. The quantitative estimate of drug-likeness (QED) is 0.0268. The number of likely N-dealkylation sites (tertiary alicyclic amines) is 3. The number of morpholine rings is 3. The van der Waals surface area contributed by atoms with E-state index in [9.17, 15) is 0 Å². The predicted molar refractivity (Wildman–Crippen MR) is 466 cm³/mol. The summed E-state index contributed by atoms with van der Waals surface area (Å²) in [6.45, 7) is 24.0. The summed E-state index contributed by atoms with van der Waals surface area (Å²) in [6.07, 6.45) is 6.47. The fourth-order valence-electron chi connectivity index (χ4n) is 16.2. The van der Waals surface area contributed by atoms with E-state index in [1.54, 1.807) is 7.11 Å². The molecule has 9 aliphatic rings. The lowest BCUT2D eigenvalue weighted by Crippen LogP contribution is -2.40. The Kier molecular flexibility index (Phi) is 25.7. The Morgan fingerprint density at radius 1 is 0.400 bits per heavy atom. The van der Waals surface area contributed by atoms with Gasteiger partial charge in [-0.25, -0.2) is 0 Å². The topological polar surface area (TPSA) is 281 Å². The zero-order chi connectivity index (χ0) is 78.1. The monoisotopic (exact) mass is 1560 g/mol. The van der Waals surface area contributed by atoms with Crippen LogP contribution in [-0.4, -0.2) is 229 Å². The highest BCUT2D eigenvalue weighted by Crippen LogP contribution is 2.39. The molecule has 6 fully saturated rings. The molecule has 1 atom stereocenters. The fraction of sp³-hybridized carbons (Fsp3) is 0.442. The molecule has 1 unspecified atom stereocenters. The lowest BCUT2D eigenvalue weighted by atomic mass is 9.98. The molecule has 18 rings (SSSR count). The second kappa shape index (κ2) is 37.9. The molecule has 0 spiro atoms. The molecule has 12 N–H and O–H groups in total. The minimum atomic E-state index is 0.365. The molecule has 0 radical (unpaired) electrons. The van der Waals surface area contributed by atoms with Gasteiger partial charge in [-0.3, -0.25) is 9.80 Å². The third-order valence-corrected chi connectivity index (χ3v) is 22.9. The first-order chi connectivity index (χ1) is 56.5. The van der Waals surface area contributed by atoms with Crippen LogP contribution >= 0.6 is 0 Å². The van der Waals surface area contributed by atoms with E-state index in [2.05, 4.69) is 259 Å². The standard InChI is InChI=1S/C29H39N9O.C29H38N8O.C28H36N8O2/c1-36(2)24-7-3-21(4-8-24)19-37-13-11-23(12-14-37)32-28-26-27(31-20-30-26)34-29(35-28)33-22-5-9-25(10-6-22)38-15-17-39-18-16-38;1-21(22-5-3-2-4-6-22)19-36-13-11-24(12-14-36)32-28-26-27(31-20-30-26)34-29(35-28)33-23-7-9-25(10-8-23)37-15-17-38-18-16-37;1-37-24-8-2-20(3-9-24)18-35-12-10-22(11-13-35)31-27-25-26(30-19-29-25)33-28(34-27)32-21-4-6-23(7-5-21)36-14-16-38-17-15-36/h3-10,23,30H,11-20H2,1-2H3,(H3,31,32,33,34,35);2-10,21,24,30H,11-20H2,1H3,(H3,31,32,33,34,35);2-9,22,29H,10-19H2,1H3,(H3,30,31,32,33,34). The Morgan fingerprint density at radius 2 is 0.739 bits per heavy atom. The summed E-state index contributed by atoms with van der Waals surface area (Å²) in [5, 5.41) is 41.5. The maximum absolute atomic E-state index is 5.47. The van der Waals surface area contributed by atoms with Crippen LogP contribution in [0.2, 0.25) is 0 Å². The minimum absolute atomic E-state index is 0.365. The van der Waals surface area contributed by atoms with Crippen molar-refractivity contribution in [3.63, 3.8) is 0 Å². The molecule has 0 amide bonds. The van der Waals surface area contributed by atoms with Crippen molar-refractivity contribution in [2.45, 2.75) is 82.6 Å². The van der Waals surface area contributed by atoms with Gasteiger partial charge in [-0.05, 0) is 158 Å². The molecule has 29 heteroatoms. The lowest BCUT2D eigenvalue weighted by molar-refractivity contribution is 0.122. The Balaban J connectivity index is 0.000000130. The Hall–Kier alpha value is -11.1. The van der Waals surface area contributed by atoms with E-state index in [1.807, 2.05) is 12.1 Å². The third kappa shape index (κ3) is 20.7. The third-order valence-electron chi connectivity index (χ3n) is 22.9. The molecule has 6 aromatic carbocycles.